The zero-order valence-electron chi connectivity index (χ0n) is 5.24. The maximum absolute atomic E-state index is 10.7. The summed E-state index contributed by atoms with van der Waals surface area (Å²) < 4.78 is 4.71. The first-order valence-electron chi connectivity index (χ1n) is 2.59. The molecule has 1 aliphatic heterocycles. The van der Waals surface area contributed by atoms with Gasteiger partial charge in [0.05, 0.1) is 0 Å². The van der Waals surface area contributed by atoms with Gasteiger partial charge < -0.3 is 4.74 Å². The Morgan fingerprint density at radius 2 is 2.40 bits per heavy atom. The van der Waals surface area contributed by atoms with Crippen molar-refractivity contribution in [1.82, 2.24) is 0 Å². The number of azo groups is 1. The first kappa shape index (κ1) is 7.37. The van der Waals surface area contributed by atoms with Crippen LogP contribution in [0.1, 0.15) is 0 Å². The van der Waals surface area contributed by atoms with Crippen LogP contribution in [0.25, 0.3) is 0 Å². The molecule has 0 saturated heterocycles. The Bertz CT molecular complexity index is 212. The van der Waals surface area contributed by atoms with Crippen LogP contribution in [0, 0.1) is 0 Å². The minimum Gasteiger partial charge on any atom is -0.367 e. The Hall–Kier alpha value is -0.740. The number of carbonyl (C=O) groups excluding carboxylic acids is 1. The maximum atomic E-state index is 10.7. The standard InChI is InChI=1S/C5H5ClN2O2/c1-10-3-2-4(6)7-8-5(3)9/h2-3H,1H3. The van der Waals surface area contributed by atoms with Crippen molar-refractivity contribution in [2.45, 2.75) is 6.10 Å². The van der Waals surface area contributed by atoms with Crippen molar-refractivity contribution < 1.29 is 9.53 Å². The second-order valence-corrected chi connectivity index (χ2v) is 2.07. The van der Waals surface area contributed by atoms with E-state index in [0.29, 0.717) is 0 Å². The highest BCUT2D eigenvalue weighted by Crippen LogP contribution is 2.13. The zero-order chi connectivity index (χ0) is 7.56. The summed E-state index contributed by atoms with van der Waals surface area (Å²) in [6, 6.07) is 0. The van der Waals surface area contributed by atoms with E-state index in [4.69, 9.17) is 16.3 Å². The average molecular weight is 161 g/mol. The first-order chi connectivity index (χ1) is 4.74. The summed E-state index contributed by atoms with van der Waals surface area (Å²) in [6.07, 6.45) is 0.738. The normalized spacial score (nSPS) is 24.8. The van der Waals surface area contributed by atoms with Gasteiger partial charge in [0.2, 0.25) is 0 Å². The molecule has 0 bridgehead atoms. The summed E-state index contributed by atoms with van der Waals surface area (Å²) in [7, 11) is 1.41. The van der Waals surface area contributed by atoms with E-state index >= 15 is 0 Å². The number of carbonyl (C=O) groups is 1. The fourth-order valence-electron chi connectivity index (χ4n) is 0.552. The average Bonchev–Trinajstić information content (AvgIpc) is 1.94. The molecule has 1 unspecified atom stereocenters. The lowest BCUT2D eigenvalue weighted by atomic mass is 10.3. The maximum Gasteiger partial charge on any atom is 0.297 e. The molecule has 1 rings (SSSR count). The van der Waals surface area contributed by atoms with E-state index in [0.717, 1.165) is 0 Å². The van der Waals surface area contributed by atoms with Gasteiger partial charge in [0.25, 0.3) is 5.91 Å². The lowest BCUT2D eigenvalue weighted by Crippen LogP contribution is -2.20. The number of ether oxygens (including phenoxy) is 1. The third kappa shape index (κ3) is 1.40. The monoisotopic (exact) mass is 160 g/mol. The van der Waals surface area contributed by atoms with E-state index in [-0.39, 0.29) is 5.16 Å². The Morgan fingerprint density at radius 3 is 2.90 bits per heavy atom. The topological polar surface area (TPSA) is 51.0 Å². The summed E-state index contributed by atoms with van der Waals surface area (Å²) in [5.74, 6) is -0.424. The van der Waals surface area contributed by atoms with E-state index in [2.05, 4.69) is 10.2 Å². The van der Waals surface area contributed by atoms with Crippen LogP contribution in [0.5, 0.6) is 0 Å². The zero-order valence-corrected chi connectivity index (χ0v) is 6.00. The van der Waals surface area contributed by atoms with Gasteiger partial charge in [-0.25, -0.2) is 0 Å². The molecule has 10 heavy (non-hydrogen) atoms. The van der Waals surface area contributed by atoms with Gasteiger partial charge in [0.15, 0.2) is 11.3 Å². The van der Waals surface area contributed by atoms with Crippen LogP contribution < -0.4 is 0 Å². The third-order valence-electron chi connectivity index (χ3n) is 1.03. The van der Waals surface area contributed by atoms with Crippen molar-refractivity contribution in [3.63, 3.8) is 0 Å². The van der Waals surface area contributed by atoms with Gasteiger partial charge in [-0.3, -0.25) is 4.79 Å². The summed E-state index contributed by atoms with van der Waals surface area (Å²) in [4.78, 5) is 10.7. The van der Waals surface area contributed by atoms with Gasteiger partial charge in [-0.1, -0.05) is 11.6 Å². The molecule has 0 aromatic carbocycles. The van der Waals surface area contributed by atoms with Crippen LogP contribution in [0.15, 0.2) is 21.5 Å². The Morgan fingerprint density at radius 1 is 1.70 bits per heavy atom. The van der Waals surface area contributed by atoms with Crippen molar-refractivity contribution in [3.05, 3.63) is 11.2 Å². The molecule has 0 spiro atoms. The fourth-order valence-corrected chi connectivity index (χ4v) is 0.705. The molecular weight excluding hydrogens is 156 g/mol. The van der Waals surface area contributed by atoms with Gasteiger partial charge in [0, 0.05) is 7.11 Å². The molecule has 1 aliphatic rings. The van der Waals surface area contributed by atoms with Crippen molar-refractivity contribution in [2.75, 3.05) is 7.11 Å². The SMILES string of the molecule is COC1C=C(Cl)N=NC1=O. The molecule has 4 nitrogen and oxygen atoms in total. The van der Waals surface area contributed by atoms with Gasteiger partial charge in [-0.15, -0.1) is 10.2 Å². The Labute approximate surface area is 62.5 Å². The Kier molecular flexibility index (Phi) is 2.13. The molecule has 54 valence electrons. The molecule has 1 heterocycles. The minimum atomic E-state index is -0.662. The van der Waals surface area contributed by atoms with Crippen molar-refractivity contribution in [2.24, 2.45) is 10.2 Å². The highest BCUT2D eigenvalue weighted by atomic mass is 35.5. The summed E-state index contributed by atoms with van der Waals surface area (Å²) in [5.41, 5.74) is 0. The van der Waals surface area contributed by atoms with Crippen LogP contribution in [0.3, 0.4) is 0 Å². The Balaban J connectivity index is 2.76. The van der Waals surface area contributed by atoms with Crippen molar-refractivity contribution >= 4 is 17.5 Å². The number of hydrogen-bond donors (Lipinski definition) is 0. The van der Waals surface area contributed by atoms with E-state index in [1.165, 1.54) is 13.2 Å². The predicted molar refractivity (Wildman–Crippen MR) is 34.6 cm³/mol. The highest BCUT2D eigenvalue weighted by molar-refractivity contribution is 6.29. The van der Waals surface area contributed by atoms with Gasteiger partial charge >= 0.3 is 0 Å². The van der Waals surface area contributed by atoms with Crippen LogP contribution in [-0.4, -0.2) is 19.1 Å². The molecule has 0 saturated carbocycles. The molecule has 0 radical (unpaired) electrons. The minimum absolute atomic E-state index is 0.187. The van der Waals surface area contributed by atoms with Crippen LogP contribution in [-0.2, 0) is 9.53 Å². The predicted octanol–water partition coefficient (Wildman–Crippen LogP) is 1.07. The number of nitrogens with zero attached hydrogens (tertiary/aromatic N) is 2. The number of methoxy groups -OCH3 is 1. The van der Waals surface area contributed by atoms with Gasteiger partial charge in [-0.2, -0.15) is 0 Å². The number of amides is 1. The smallest absolute Gasteiger partial charge is 0.297 e. The summed E-state index contributed by atoms with van der Waals surface area (Å²) in [5, 5.41) is 6.74. The largest absolute Gasteiger partial charge is 0.367 e. The van der Waals surface area contributed by atoms with Gasteiger partial charge in [0.1, 0.15) is 0 Å². The van der Waals surface area contributed by atoms with Crippen LogP contribution >= 0.6 is 11.6 Å². The quantitative estimate of drug-likeness (QED) is 0.539. The molecule has 0 aromatic heterocycles. The van der Waals surface area contributed by atoms with Crippen LogP contribution in [0.2, 0.25) is 0 Å². The van der Waals surface area contributed by atoms with Crippen LogP contribution in [0.4, 0.5) is 0 Å². The highest BCUT2D eigenvalue weighted by Gasteiger charge is 2.18. The number of hydrogen-bond acceptors (Lipinski definition) is 3. The van der Waals surface area contributed by atoms with Gasteiger partial charge in [-0.05, 0) is 6.08 Å². The molecule has 0 aromatic rings. The van der Waals surface area contributed by atoms with Crippen molar-refractivity contribution in [1.29, 1.82) is 0 Å². The lowest BCUT2D eigenvalue weighted by molar-refractivity contribution is -0.125. The second kappa shape index (κ2) is 2.90. The molecular formula is C5H5ClN2O2. The van der Waals surface area contributed by atoms with E-state index in [1.807, 2.05) is 0 Å². The van der Waals surface area contributed by atoms with E-state index < -0.39 is 12.0 Å². The second-order valence-electron chi connectivity index (χ2n) is 1.68. The molecule has 0 N–H and O–H groups in total. The van der Waals surface area contributed by atoms with E-state index in [9.17, 15) is 4.79 Å². The summed E-state index contributed by atoms with van der Waals surface area (Å²) >= 11 is 5.42. The van der Waals surface area contributed by atoms with E-state index in [1.54, 1.807) is 0 Å². The lowest BCUT2D eigenvalue weighted by Gasteiger charge is -2.07. The number of rotatable bonds is 1. The first-order valence-corrected chi connectivity index (χ1v) is 2.97. The molecule has 5 heteroatoms. The third-order valence-corrected chi connectivity index (χ3v) is 1.23. The van der Waals surface area contributed by atoms with Crippen molar-refractivity contribution in [3.8, 4) is 0 Å². The molecule has 1 amide bonds. The summed E-state index contributed by atoms with van der Waals surface area (Å²) in [6.45, 7) is 0. The fraction of sp³-hybridized carbons (Fsp3) is 0.400. The molecule has 0 aliphatic carbocycles. The molecule has 0 fully saturated rings. The molecule has 1 atom stereocenters. The number of halogens is 1.